The average Bonchev–Trinajstić information content (AvgIpc) is 3.04. The van der Waals surface area contributed by atoms with Gasteiger partial charge in [-0.05, 0) is 19.3 Å². The van der Waals surface area contributed by atoms with Gasteiger partial charge in [-0.3, -0.25) is 4.79 Å². The normalized spacial score (nSPS) is 13.8. The Hall–Kier alpha value is -0.910. The third-order valence-electron chi connectivity index (χ3n) is 9.38. The summed E-state index contributed by atoms with van der Waals surface area (Å²) in [7, 11) is 0. The van der Waals surface area contributed by atoms with E-state index in [9.17, 15) is 20.1 Å². The number of unbranched alkanes of at least 4 members (excludes halogenated alkanes) is 28. The molecular weight excluding hydrogens is 558 g/mol. The van der Waals surface area contributed by atoms with Crippen molar-refractivity contribution in [3.63, 3.8) is 0 Å². The molecule has 0 saturated heterocycles. The first-order valence-electron chi connectivity index (χ1n) is 20.0. The second-order valence-electron chi connectivity index (χ2n) is 13.9. The molecule has 0 aromatic rings. The molecule has 0 saturated carbocycles. The summed E-state index contributed by atoms with van der Waals surface area (Å²) < 4.78 is 0. The van der Waals surface area contributed by atoms with E-state index >= 15 is 0 Å². The minimum atomic E-state index is -1.09. The van der Waals surface area contributed by atoms with Crippen LogP contribution in [0.1, 0.15) is 213 Å². The molecule has 5 nitrogen and oxygen atoms in total. The van der Waals surface area contributed by atoms with Crippen LogP contribution in [0.2, 0.25) is 0 Å². The maximum absolute atomic E-state index is 12.4. The van der Waals surface area contributed by atoms with E-state index in [1.165, 1.54) is 161 Å². The van der Waals surface area contributed by atoms with Gasteiger partial charge in [-0.2, -0.15) is 0 Å². The van der Waals surface area contributed by atoms with Gasteiger partial charge in [0.2, 0.25) is 5.91 Å². The summed E-state index contributed by atoms with van der Waals surface area (Å²) in [5.74, 6) is -0.501. The molecule has 0 bridgehead atoms. The molecule has 3 atom stereocenters. The minimum Gasteiger partial charge on any atom is -0.394 e. The standard InChI is InChI=1S/C40H79NO4/c1-3-5-7-9-11-13-15-17-18-19-20-21-23-25-27-29-31-33-35-39(44)40(45)41-37(36-42)38(43)34-32-30-28-26-24-22-16-14-12-10-8-6-4-2/h32,34,37-39,42-44H,3-31,33,35-36H2,1-2H3,(H,41,45)/b34-32+/t37-,38+,39-/m0/s1. The molecule has 0 spiro atoms. The zero-order chi connectivity index (χ0) is 33.1. The van der Waals surface area contributed by atoms with Gasteiger partial charge >= 0.3 is 0 Å². The Morgan fingerprint density at radius 1 is 0.533 bits per heavy atom. The van der Waals surface area contributed by atoms with Gasteiger partial charge in [0.15, 0.2) is 0 Å². The van der Waals surface area contributed by atoms with Crippen LogP contribution < -0.4 is 5.32 Å². The smallest absolute Gasteiger partial charge is 0.249 e. The van der Waals surface area contributed by atoms with Crippen molar-refractivity contribution in [2.45, 2.75) is 231 Å². The van der Waals surface area contributed by atoms with Crippen LogP contribution in [-0.4, -0.2) is 46.1 Å². The molecule has 5 heteroatoms. The van der Waals surface area contributed by atoms with Crippen molar-refractivity contribution in [2.24, 2.45) is 0 Å². The fourth-order valence-electron chi connectivity index (χ4n) is 6.18. The maximum atomic E-state index is 12.4. The average molecular weight is 638 g/mol. The Bertz CT molecular complexity index is 625. The quantitative estimate of drug-likeness (QED) is 0.0406. The molecule has 0 aliphatic heterocycles. The van der Waals surface area contributed by atoms with E-state index in [-0.39, 0.29) is 6.61 Å². The highest BCUT2D eigenvalue weighted by atomic mass is 16.3. The first-order chi connectivity index (χ1) is 22.1. The molecular formula is C40H79NO4. The molecule has 0 aliphatic carbocycles. The van der Waals surface area contributed by atoms with Crippen molar-refractivity contribution in [3.05, 3.63) is 12.2 Å². The van der Waals surface area contributed by atoms with Crippen LogP contribution in [0.25, 0.3) is 0 Å². The predicted molar refractivity (Wildman–Crippen MR) is 195 cm³/mol. The van der Waals surface area contributed by atoms with Crippen molar-refractivity contribution < 1.29 is 20.1 Å². The van der Waals surface area contributed by atoms with Crippen LogP contribution in [0.3, 0.4) is 0 Å². The van der Waals surface area contributed by atoms with Crippen LogP contribution in [0.5, 0.6) is 0 Å². The van der Waals surface area contributed by atoms with E-state index in [2.05, 4.69) is 19.2 Å². The third kappa shape index (κ3) is 31.5. The highest BCUT2D eigenvalue weighted by molar-refractivity contribution is 5.80. The first kappa shape index (κ1) is 44.1. The summed E-state index contributed by atoms with van der Waals surface area (Å²) >= 11 is 0. The molecule has 0 radical (unpaired) electrons. The molecule has 0 heterocycles. The predicted octanol–water partition coefficient (Wildman–Crippen LogP) is 10.9. The fourth-order valence-corrected chi connectivity index (χ4v) is 6.18. The number of aliphatic hydroxyl groups is 3. The van der Waals surface area contributed by atoms with Gasteiger partial charge in [0.25, 0.3) is 0 Å². The van der Waals surface area contributed by atoms with Crippen molar-refractivity contribution in [1.82, 2.24) is 5.32 Å². The van der Waals surface area contributed by atoms with Gasteiger partial charge in [0.1, 0.15) is 6.10 Å². The second kappa shape index (κ2) is 35.9. The number of aliphatic hydroxyl groups excluding tert-OH is 3. The van der Waals surface area contributed by atoms with Crippen LogP contribution in [0.4, 0.5) is 0 Å². The number of allylic oxidation sites excluding steroid dienone is 1. The number of carbonyl (C=O) groups is 1. The van der Waals surface area contributed by atoms with Gasteiger partial charge in [0.05, 0.1) is 18.8 Å². The Morgan fingerprint density at radius 3 is 1.22 bits per heavy atom. The van der Waals surface area contributed by atoms with Crippen molar-refractivity contribution in [1.29, 1.82) is 0 Å². The number of hydrogen-bond donors (Lipinski definition) is 4. The molecule has 0 unspecified atom stereocenters. The number of rotatable bonds is 36. The van der Waals surface area contributed by atoms with Crippen molar-refractivity contribution in [3.8, 4) is 0 Å². The molecule has 0 rings (SSSR count). The first-order valence-corrected chi connectivity index (χ1v) is 20.0. The number of hydrogen-bond acceptors (Lipinski definition) is 4. The Balaban J connectivity index is 3.67. The molecule has 1 amide bonds. The van der Waals surface area contributed by atoms with Crippen molar-refractivity contribution >= 4 is 5.91 Å². The monoisotopic (exact) mass is 638 g/mol. The van der Waals surface area contributed by atoms with E-state index in [0.29, 0.717) is 6.42 Å². The van der Waals surface area contributed by atoms with Gasteiger partial charge < -0.3 is 20.6 Å². The summed E-state index contributed by atoms with van der Waals surface area (Å²) in [6.45, 7) is 4.18. The largest absolute Gasteiger partial charge is 0.394 e. The zero-order valence-electron chi connectivity index (χ0n) is 30.3. The lowest BCUT2D eigenvalue weighted by atomic mass is 10.0. The summed E-state index contributed by atoms with van der Waals surface area (Å²) in [6, 6.07) is -0.791. The van der Waals surface area contributed by atoms with Crippen LogP contribution >= 0.6 is 0 Å². The number of nitrogens with one attached hydrogen (secondary N) is 1. The highest BCUT2D eigenvalue weighted by Crippen LogP contribution is 2.16. The number of amides is 1. The second-order valence-corrected chi connectivity index (χ2v) is 13.9. The van der Waals surface area contributed by atoms with Gasteiger partial charge in [-0.25, -0.2) is 0 Å². The van der Waals surface area contributed by atoms with Gasteiger partial charge in [0, 0.05) is 0 Å². The summed E-state index contributed by atoms with van der Waals surface area (Å²) in [5, 5.41) is 33.0. The molecule has 0 aromatic heterocycles. The van der Waals surface area contributed by atoms with Gasteiger partial charge in [-0.1, -0.05) is 206 Å². The molecule has 0 aliphatic rings. The molecule has 4 N–H and O–H groups in total. The third-order valence-corrected chi connectivity index (χ3v) is 9.38. The summed E-state index contributed by atoms with van der Waals surface area (Å²) in [6.07, 6.45) is 40.9. The van der Waals surface area contributed by atoms with Crippen molar-refractivity contribution in [2.75, 3.05) is 6.61 Å². The molecule has 268 valence electrons. The van der Waals surface area contributed by atoms with E-state index < -0.39 is 24.2 Å². The van der Waals surface area contributed by atoms with E-state index in [4.69, 9.17) is 0 Å². The topological polar surface area (TPSA) is 89.8 Å². The highest BCUT2D eigenvalue weighted by Gasteiger charge is 2.22. The Kier molecular flexibility index (Phi) is 35.2. The van der Waals surface area contributed by atoms with Crippen LogP contribution in [0.15, 0.2) is 12.2 Å². The Labute approximate surface area is 280 Å². The SMILES string of the molecule is CCCCCCCCCCCCC/C=C/[C@@H](O)[C@H](CO)NC(=O)[C@@H](O)CCCCCCCCCCCCCCCCCCCC. The van der Waals surface area contributed by atoms with E-state index in [1.54, 1.807) is 6.08 Å². The molecule has 45 heavy (non-hydrogen) atoms. The maximum Gasteiger partial charge on any atom is 0.249 e. The van der Waals surface area contributed by atoms with E-state index in [0.717, 1.165) is 32.1 Å². The number of carbonyl (C=O) groups excluding carboxylic acids is 1. The molecule has 0 fully saturated rings. The lowest BCUT2D eigenvalue weighted by Crippen LogP contribution is -2.48. The lowest BCUT2D eigenvalue weighted by Gasteiger charge is -2.21. The minimum absolute atomic E-state index is 0.360. The van der Waals surface area contributed by atoms with Gasteiger partial charge in [-0.15, -0.1) is 0 Å². The zero-order valence-corrected chi connectivity index (χ0v) is 30.3. The van der Waals surface area contributed by atoms with Crippen LogP contribution in [0, 0.1) is 0 Å². The fraction of sp³-hybridized carbons (Fsp3) is 0.925. The van der Waals surface area contributed by atoms with Crippen LogP contribution in [-0.2, 0) is 4.79 Å². The lowest BCUT2D eigenvalue weighted by molar-refractivity contribution is -0.131. The summed E-state index contributed by atoms with van der Waals surface area (Å²) in [4.78, 5) is 12.4. The molecule has 0 aromatic carbocycles. The summed E-state index contributed by atoms with van der Waals surface area (Å²) in [5.41, 5.74) is 0. The Morgan fingerprint density at radius 2 is 0.867 bits per heavy atom. The van der Waals surface area contributed by atoms with E-state index in [1.807, 2.05) is 6.08 Å².